The maximum Gasteiger partial charge on any atom is 0.186 e. The number of carbonyl (C=O) groups excluding carboxylic acids is 1. The zero-order valence-corrected chi connectivity index (χ0v) is 19.3. The van der Waals surface area contributed by atoms with Gasteiger partial charge >= 0.3 is 0 Å². The largest absolute Gasteiger partial charge is 0.360 e. The van der Waals surface area contributed by atoms with Gasteiger partial charge < -0.3 is 10.3 Å². The van der Waals surface area contributed by atoms with Gasteiger partial charge in [0.25, 0.3) is 0 Å². The fourth-order valence-corrected chi connectivity index (χ4v) is 4.35. The van der Waals surface area contributed by atoms with E-state index in [1.165, 1.54) is 5.56 Å². The van der Waals surface area contributed by atoms with Gasteiger partial charge in [-0.15, -0.1) is 0 Å². The number of halogens is 1. The van der Waals surface area contributed by atoms with Crippen molar-refractivity contribution < 1.29 is 4.79 Å². The molecule has 0 amide bonds. The number of aromatic nitrogens is 2. The van der Waals surface area contributed by atoms with E-state index in [0.717, 1.165) is 39.0 Å². The van der Waals surface area contributed by atoms with E-state index < -0.39 is 6.04 Å². The first-order valence-corrected chi connectivity index (χ1v) is 11.7. The monoisotopic (exact) mass is 465 g/mol. The first-order valence-electron chi connectivity index (χ1n) is 11.3. The van der Waals surface area contributed by atoms with Crippen LogP contribution in [0, 0.1) is 0 Å². The maximum atomic E-state index is 13.8. The van der Waals surface area contributed by atoms with E-state index in [4.69, 9.17) is 11.6 Å². The number of H-pyrrole nitrogens is 1. The molecule has 0 aliphatic heterocycles. The molecule has 5 rings (SSSR count). The Morgan fingerprint density at radius 2 is 1.68 bits per heavy atom. The van der Waals surface area contributed by atoms with Gasteiger partial charge in [-0.05, 0) is 59.0 Å². The van der Waals surface area contributed by atoms with Gasteiger partial charge in [-0.3, -0.25) is 9.78 Å². The zero-order chi connectivity index (χ0) is 23.3. The Kier molecular flexibility index (Phi) is 6.52. The summed E-state index contributed by atoms with van der Waals surface area (Å²) in [5.41, 5.74) is 5.91. The normalized spacial score (nSPS) is 12.0. The van der Waals surface area contributed by atoms with Crippen LogP contribution >= 0.6 is 11.6 Å². The van der Waals surface area contributed by atoms with E-state index in [1.54, 1.807) is 12.4 Å². The second-order valence-electron chi connectivity index (χ2n) is 8.24. The number of pyridine rings is 1. The summed E-state index contributed by atoms with van der Waals surface area (Å²) < 4.78 is 0. The second-order valence-corrected chi connectivity index (χ2v) is 8.67. The number of fused-ring (bicyclic) bond motifs is 1. The van der Waals surface area contributed by atoms with E-state index in [-0.39, 0.29) is 5.78 Å². The topological polar surface area (TPSA) is 57.8 Å². The molecule has 5 aromatic rings. The highest BCUT2D eigenvalue weighted by Crippen LogP contribution is 2.28. The molecular weight excluding hydrogens is 442 g/mol. The molecule has 3 aromatic carbocycles. The number of nitrogens with one attached hydrogen (secondary N) is 2. The molecule has 1 atom stereocenters. The van der Waals surface area contributed by atoms with Crippen molar-refractivity contribution in [2.45, 2.75) is 12.5 Å². The highest BCUT2D eigenvalue weighted by molar-refractivity contribution is 6.30. The lowest BCUT2D eigenvalue weighted by Gasteiger charge is -2.18. The molecule has 0 radical (unpaired) electrons. The van der Waals surface area contributed by atoms with Crippen LogP contribution in [-0.4, -0.2) is 22.3 Å². The number of Topliss-reactive ketones (excluding diaryl/α,β-unsaturated/α-hetero) is 1. The van der Waals surface area contributed by atoms with Crippen LogP contribution in [0.1, 0.15) is 27.5 Å². The first kappa shape index (κ1) is 22.1. The van der Waals surface area contributed by atoms with E-state index in [0.29, 0.717) is 12.1 Å². The summed E-state index contributed by atoms with van der Waals surface area (Å²) in [4.78, 5) is 21.1. The van der Waals surface area contributed by atoms with Crippen LogP contribution in [0.4, 0.5) is 0 Å². The third kappa shape index (κ3) is 4.79. The fourth-order valence-electron chi connectivity index (χ4n) is 4.23. The molecule has 0 spiro atoms. The van der Waals surface area contributed by atoms with Crippen molar-refractivity contribution in [2.75, 3.05) is 6.54 Å². The van der Waals surface area contributed by atoms with Gasteiger partial charge in [0, 0.05) is 46.6 Å². The lowest BCUT2D eigenvalue weighted by Crippen LogP contribution is -2.30. The number of hydrogen-bond acceptors (Lipinski definition) is 3. The minimum atomic E-state index is -0.438. The summed E-state index contributed by atoms with van der Waals surface area (Å²) >= 11 is 6.00. The summed E-state index contributed by atoms with van der Waals surface area (Å²) in [6, 6.07) is 27.4. The van der Waals surface area contributed by atoms with Gasteiger partial charge in [0.1, 0.15) is 0 Å². The number of carbonyl (C=O) groups is 1. The molecule has 0 fully saturated rings. The predicted molar refractivity (Wildman–Crippen MR) is 138 cm³/mol. The van der Waals surface area contributed by atoms with Gasteiger partial charge in [0.2, 0.25) is 0 Å². The molecule has 4 nitrogen and oxygen atoms in total. The Bertz CT molecular complexity index is 1400. The molecule has 168 valence electrons. The van der Waals surface area contributed by atoms with Crippen LogP contribution in [0.5, 0.6) is 0 Å². The van der Waals surface area contributed by atoms with Crippen molar-refractivity contribution >= 4 is 28.3 Å². The summed E-state index contributed by atoms with van der Waals surface area (Å²) in [5, 5.41) is 5.13. The summed E-state index contributed by atoms with van der Waals surface area (Å²) in [5.74, 6) is 0.0465. The van der Waals surface area contributed by atoms with Crippen molar-refractivity contribution in [3.8, 4) is 11.1 Å². The summed E-state index contributed by atoms with van der Waals surface area (Å²) in [6.07, 6.45) is 6.18. The third-order valence-corrected chi connectivity index (χ3v) is 6.28. The van der Waals surface area contributed by atoms with Crippen molar-refractivity contribution in [1.82, 2.24) is 15.3 Å². The number of ketones is 1. The lowest BCUT2D eigenvalue weighted by molar-refractivity contribution is 0.0945. The van der Waals surface area contributed by atoms with E-state index in [1.807, 2.05) is 85.1 Å². The van der Waals surface area contributed by atoms with Gasteiger partial charge in [-0.1, -0.05) is 66.2 Å². The van der Waals surface area contributed by atoms with Gasteiger partial charge in [0.05, 0.1) is 6.04 Å². The highest BCUT2D eigenvalue weighted by Gasteiger charge is 2.24. The minimum Gasteiger partial charge on any atom is -0.360 e. The molecule has 34 heavy (non-hydrogen) atoms. The number of hydrogen-bond donors (Lipinski definition) is 2. The second kappa shape index (κ2) is 10.0. The molecule has 0 saturated carbocycles. The van der Waals surface area contributed by atoms with Crippen LogP contribution in [0.3, 0.4) is 0 Å². The molecule has 2 heterocycles. The third-order valence-electron chi connectivity index (χ3n) is 6.03. The number of rotatable bonds is 8. The number of aromatic amines is 1. The zero-order valence-electron chi connectivity index (χ0n) is 18.5. The summed E-state index contributed by atoms with van der Waals surface area (Å²) in [7, 11) is 0. The van der Waals surface area contributed by atoms with Crippen molar-refractivity contribution in [1.29, 1.82) is 0 Å². The molecule has 5 heteroatoms. The number of benzene rings is 3. The van der Waals surface area contributed by atoms with Gasteiger partial charge in [-0.2, -0.15) is 0 Å². The Labute approximate surface area is 203 Å². The van der Waals surface area contributed by atoms with Crippen LogP contribution in [-0.2, 0) is 6.42 Å². The molecule has 2 aromatic heterocycles. The van der Waals surface area contributed by atoms with Gasteiger partial charge in [-0.25, -0.2) is 0 Å². The van der Waals surface area contributed by atoms with Crippen LogP contribution in [0.15, 0.2) is 104 Å². The molecule has 0 saturated heterocycles. The van der Waals surface area contributed by atoms with E-state index in [2.05, 4.69) is 21.4 Å². The Morgan fingerprint density at radius 1 is 0.912 bits per heavy atom. The van der Waals surface area contributed by atoms with Gasteiger partial charge in [0.15, 0.2) is 5.78 Å². The van der Waals surface area contributed by atoms with E-state index >= 15 is 0 Å². The maximum absolute atomic E-state index is 13.8. The standard InChI is InChI=1S/C29H24ClN3O/c30-24-9-6-20(7-10-24)12-17-32-28(22-4-2-1-3-5-22)29(34)26-19-33-27-18-23(8-11-25(26)27)21-13-15-31-16-14-21/h1-11,13-16,18-19,28,32-33H,12,17H2. The Balaban J connectivity index is 1.40. The van der Waals surface area contributed by atoms with Crippen LogP contribution < -0.4 is 5.32 Å². The van der Waals surface area contributed by atoms with Crippen molar-refractivity contribution in [2.24, 2.45) is 0 Å². The average Bonchev–Trinajstić information content (AvgIpc) is 3.32. The van der Waals surface area contributed by atoms with E-state index in [9.17, 15) is 4.79 Å². The van der Waals surface area contributed by atoms with Crippen molar-refractivity contribution in [3.05, 3.63) is 125 Å². The predicted octanol–water partition coefficient (Wildman–Crippen LogP) is 6.64. The van der Waals surface area contributed by atoms with Crippen LogP contribution in [0.2, 0.25) is 5.02 Å². The summed E-state index contributed by atoms with van der Waals surface area (Å²) in [6.45, 7) is 0.668. The molecule has 0 aliphatic carbocycles. The molecule has 2 N–H and O–H groups in total. The molecule has 0 aliphatic rings. The van der Waals surface area contributed by atoms with Crippen LogP contribution in [0.25, 0.3) is 22.0 Å². The Hall–Kier alpha value is -3.73. The molecule has 1 unspecified atom stereocenters. The Morgan fingerprint density at radius 3 is 2.44 bits per heavy atom. The number of nitrogens with zero attached hydrogens (tertiary/aromatic N) is 1. The smallest absolute Gasteiger partial charge is 0.186 e. The first-order chi connectivity index (χ1) is 16.7. The molecule has 0 bridgehead atoms. The van der Waals surface area contributed by atoms with Crippen molar-refractivity contribution in [3.63, 3.8) is 0 Å². The fraction of sp³-hybridized carbons (Fsp3) is 0.103. The average molecular weight is 466 g/mol. The quantitative estimate of drug-likeness (QED) is 0.252. The highest BCUT2D eigenvalue weighted by atomic mass is 35.5. The molecular formula is C29H24ClN3O. The lowest BCUT2D eigenvalue weighted by atomic mass is 9.96. The minimum absolute atomic E-state index is 0.0465. The SMILES string of the molecule is O=C(c1c[nH]c2cc(-c3ccncc3)ccc12)C(NCCc1ccc(Cl)cc1)c1ccccc1.